The first-order valence-corrected chi connectivity index (χ1v) is 10.7. The first kappa shape index (κ1) is 26.8. The third-order valence-electron chi connectivity index (χ3n) is 3.96. The van der Waals surface area contributed by atoms with Crippen molar-refractivity contribution in [2.45, 2.75) is 59.5 Å². The Kier molecular flexibility index (Phi) is 14.1. The van der Waals surface area contributed by atoms with E-state index in [1.807, 2.05) is 13.0 Å². The first-order valence-electron chi connectivity index (χ1n) is 9.28. The van der Waals surface area contributed by atoms with E-state index in [0.29, 0.717) is 0 Å². The van der Waals surface area contributed by atoms with E-state index in [1.54, 1.807) is 0 Å². The van der Waals surface area contributed by atoms with Crippen LogP contribution in [0.2, 0.25) is 0 Å². The minimum atomic E-state index is -3.73. The van der Waals surface area contributed by atoms with Crippen LogP contribution in [0.5, 0.6) is 0 Å². The minimum absolute atomic E-state index is 0.125. The molecule has 162 valence electrons. The number of aliphatic carboxylic acids is 1. The number of phosphoric acid groups is 1. The molecule has 0 fully saturated rings. The fraction of sp³-hybridized carbons (Fsp3) is 0.650. The molecule has 0 rings (SSSR count). The van der Waals surface area contributed by atoms with Gasteiger partial charge in [-0.1, -0.05) is 34.9 Å². The molecule has 0 heterocycles. The minimum Gasteiger partial charge on any atom is -0.479 e. The van der Waals surface area contributed by atoms with Crippen LogP contribution < -0.4 is 0 Å². The molecule has 0 aromatic carbocycles. The highest BCUT2D eigenvalue weighted by Gasteiger charge is 2.27. The molecule has 1 N–H and O–H groups in total. The molecule has 0 aliphatic carbocycles. The van der Waals surface area contributed by atoms with E-state index >= 15 is 0 Å². The maximum absolute atomic E-state index is 11.8. The quantitative estimate of drug-likeness (QED) is 0.285. The molecule has 0 aromatic rings. The second kappa shape index (κ2) is 14.7. The van der Waals surface area contributed by atoms with Gasteiger partial charge in [0.1, 0.15) is 0 Å². The van der Waals surface area contributed by atoms with Gasteiger partial charge in [0.05, 0.1) is 13.2 Å². The fourth-order valence-corrected chi connectivity index (χ4v) is 2.85. The Balaban J connectivity index is 4.35. The molecule has 0 saturated carbocycles. The Bertz CT molecular complexity index is 596. The Hall–Kier alpha value is -1.24. The van der Waals surface area contributed by atoms with E-state index in [4.69, 9.17) is 9.26 Å². The van der Waals surface area contributed by atoms with Gasteiger partial charge in [-0.2, -0.15) is 0 Å². The summed E-state index contributed by atoms with van der Waals surface area (Å²) >= 11 is 0. The number of carboxylic acid groups (broad SMARTS) is 1. The van der Waals surface area contributed by atoms with Crippen molar-refractivity contribution >= 4 is 13.8 Å². The molecule has 0 aromatic heterocycles. The van der Waals surface area contributed by atoms with Gasteiger partial charge in [-0.3, -0.25) is 13.6 Å². The lowest BCUT2D eigenvalue weighted by molar-refractivity contribution is -0.151. The van der Waals surface area contributed by atoms with Crippen LogP contribution in [-0.4, -0.2) is 44.6 Å². The molecule has 28 heavy (non-hydrogen) atoms. The van der Waals surface area contributed by atoms with Crippen molar-refractivity contribution in [2.24, 2.45) is 0 Å². The number of hydrogen-bond acceptors (Lipinski definition) is 6. The normalized spacial score (nSPS) is 14.1. The summed E-state index contributed by atoms with van der Waals surface area (Å²) in [5.74, 6) is -1.21. The number of ether oxygens (including phenoxy) is 1. The van der Waals surface area contributed by atoms with Gasteiger partial charge in [0.2, 0.25) is 0 Å². The Labute approximate surface area is 169 Å². The predicted octanol–water partition coefficient (Wildman–Crippen LogP) is 5.29. The van der Waals surface area contributed by atoms with Gasteiger partial charge in [0.15, 0.2) is 6.10 Å². The fourth-order valence-electron chi connectivity index (χ4n) is 2.18. The molecule has 0 saturated heterocycles. The Morgan fingerprint density at radius 1 is 0.964 bits per heavy atom. The smallest absolute Gasteiger partial charge is 0.474 e. The first-order chi connectivity index (χ1) is 13.1. The summed E-state index contributed by atoms with van der Waals surface area (Å²) in [6.45, 7) is 8.01. The molecular weight excluding hydrogens is 383 g/mol. The average Bonchev–Trinajstić information content (AvgIpc) is 2.63. The number of carboxylic acids is 1. The van der Waals surface area contributed by atoms with Gasteiger partial charge in [0.25, 0.3) is 0 Å². The largest absolute Gasteiger partial charge is 0.479 e. The van der Waals surface area contributed by atoms with Crippen LogP contribution in [0.25, 0.3) is 0 Å². The van der Waals surface area contributed by atoms with Crippen LogP contribution in [0.3, 0.4) is 0 Å². The predicted molar refractivity (Wildman–Crippen MR) is 110 cm³/mol. The SMILES string of the molecule is COP(=O)(OC)OC[C@@H](OC/C=C(/C)CC/C=C(\C)CCC=C(C)C)C(=O)O. The third kappa shape index (κ3) is 13.0. The second-order valence-corrected chi connectivity index (χ2v) is 8.61. The number of allylic oxidation sites excluding steroid dienone is 5. The van der Waals surface area contributed by atoms with Crippen molar-refractivity contribution in [3.8, 4) is 0 Å². The van der Waals surface area contributed by atoms with Crippen molar-refractivity contribution < 1.29 is 32.8 Å². The van der Waals surface area contributed by atoms with E-state index in [2.05, 4.69) is 42.0 Å². The zero-order valence-corrected chi connectivity index (χ0v) is 18.8. The summed E-state index contributed by atoms with van der Waals surface area (Å²) in [4.78, 5) is 11.2. The van der Waals surface area contributed by atoms with Gasteiger partial charge < -0.3 is 9.84 Å². The molecule has 0 aliphatic heterocycles. The van der Waals surface area contributed by atoms with Gasteiger partial charge in [-0.25, -0.2) is 9.36 Å². The molecule has 0 spiro atoms. The molecular formula is C20H35O7P. The zero-order valence-electron chi connectivity index (χ0n) is 17.9. The van der Waals surface area contributed by atoms with Crippen molar-refractivity contribution in [3.05, 3.63) is 34.9 Å². The second-order valence-electron chi connectivity index (χ2n) is 6.73. The lowest BCUT2D eigenvalue weighted by Crippen LogP contribution is -2.29. The van der Waals surface area contributed by atoms with E-state index < -0.39 is 26.5 Å². The number of hydrogen-bond donors (Lipinski definition) is 1. The Morgan fingerprint density at radius 2 is 1.50 bits per heavy atom. The highest BCUT2D eigenvalue weighted by molar-refractivity contribution is 7.48. The molecule has 1 atom stereocenters. The van der Waals surface area contributed by atoms with Crippen LogP contribution in [0.4, 0.5) is 0 Å². The molecule has 0 unspecified atom stereocenters. The number of rotatable bonds is 15. The summed E-state index contributed by atoms with van der Waals surface area (Å²) in [5.41, 5.74) is 3.81. The molecule has 0 bridgehead atoms. The third-order valence-corrected chi connectivity index (χ3v) is 5.32. The van der Waals surface area contributed by atoms with Gasteiger partial charge in [-0.15, -0.1) is 0 Å². The highest BCUT2D eigenvalue weighted by Crippen LogP contribution is 2.47. The van der Waals surface area contributed by atoms with E-state index in [0.717, 1.165) is 45.5 Å². The number of phosphoric ester groups is 1. The van der Waals surface area contributed by atoms with Crippen molar-refractivity contribution in [3.63, 3.8) is 0 Å². The van der Waals surface area contributed by atoms with Crippen LogP contribution in [0.15, 0.2) is 34.9 Å². The summed E-state index contributed by atoms with van der Waals surface area (Å²) in [6, 6.07) is 0. The van der Waals surface area contributed by atoms with Crippen LogP contribution >= 0.6 is 7.82 Å². The van der Waals surface area contributed by atoms with Crippen molar-refractivity contribution in [1.29, 1.82) is 0 Å². The summed E-state index contributed by atoms with van der Waals surface area (Å²) < 4.78 is 31.2. The lowest BCUT2D eigenvalue weighted by atomic mass is 10.1. The van der Waals surface area contributed by atoms with E-state index in [-0.39, 0.29) is 6.61 Å². The maximum Gasteiger partial charge on any atom is 0.474 e. The van der Waals surface area contributed by atoms with E-state index in [1.165, 1.54) is 11.1 Å². The van der Waals surface area contributed by atoms with Gasteiger partial charge in [0, 0.05) is 14.2 Å². The summed E-state index contributed by atoms with van der Waals surface area (Å²) in [7, 11) is -1.42. The van der Waals surface area contributed by atoms with Crippen LogP contribution in [0.1, 0.15) is 53.4 Å². The standard InChI is InChI=1S/C20H35O7P/c1-16(2)9-7-10-17(3)11-8-12-18(4)13-14-26-19(20(21)22)15-27-28(23,24-5)25-6/h9,11,13,19H,7-8,10,12,14-15H2,1-6H3,(H,21,22)/b17-11+,18-13-/t19-/m1/s1. The molecule has 7 nitrogen and oxygen atoms in total. The lowest BCUT2D eigenvalue weighted by Gasteiger charge is -2.17. The van der Waals surface area contributed by atoms with Crippen molar-refractivity contribution in [1.82, 2.24) is 0 Å². The van der Waals surface area contributed by atoms with Crippen LogP contribution in [-0.2, 0) is 27.7 Å². The van der Waals surface area contributed by atoms with Crippen molar-refractivity contribution in [2.75, 3.05) is 27.4 Å². The maximum atomic E-state index is 11.8. The molecule has 0 radical (unpaired) electrons. The zero-order chi connectivity index (χ0) is 21.6. The molecule has 0 amide bonds. The Morgan fingerprint density at radius 3 is 2.00 bits per heavy atom. The molecule has 0 aliphatic rings. The van der Waals surface area contributed by atoms with E-state index in [9.17, 15) is 14.5 Å². The topological polar surface area (TPSA) is 91.3 Å². The highest BCUT2D eigenvalue weighted by atomic mass is 31.2. The molecule has 8 heteroatoms. The van der Waals surface area contributed by atoms with Crippen LogP contribution in [0, 0.1) is 0 Å². The monoisotopic (exact) mass is 418 g/mol. The average molecular weight is 418 g/mol. The number of carbonyl (C=O) groups is 1. The van der Waals surface area contributed by atoms with Gasteiger partial charge in [-0.05, 0) is 53.4 Å². The van der Waals surface area contributed by atoms with Gasteiger partial charge >= 0.3 is 13.8 Å². The summed E-state index contributed by atoms with van der Waals surface area (Å²) in [5, 5.41) is 9.18. The summed E-state index contributed by atoms with van der Waals surface area (Å²) in [6.07, 6.45) is 8.97.